The topological polar surface area (TPSA) is 94.7 Å². The predicted molar refractivity (Wildman–Crippen MR) is 153 cm³/mol. The number of H-pyrrole nitrogens is 1. The van der Waals surface area contributed by atoms with Crippen LogP contribution >= 0.6 is 23.2 Å². The smallest absolute Gasteiger partial charge is 0.303 e. The molecule has 1 amide bonds. The molecule has 1 aromatic heterocycles. The average molecular weight is 561 g/mol. The van der Waals surface area contributed by atoms with Crippen molar-refractivity contribution in [3.05, 3.63) is 52.0 Å². The minimum atomic E-state index is -0.746. The number of halogens is 2. The molecule has 1 saturated heterocycles. The Morgan fingerprint density at radius 2 is 1.79 bits per heavy atom. The van der Waals surface area contributed by atoms with Crippen LogP contribution in [-0.2, 0) is 4.79 Å². The van der Waals surface area contributed by atoms with Crippen molar-refractivity contribution in [1.29, 1.82) is 0 Å². The summed E-state index contributed by atoms with van der Waals surface area (Å²) in [7, 11) is 0. The number of hydrogen-bond acceptors (Lipinski definition) is 4. The molecule has 0 spiro atoms. The molecule has 0 radical (unpaired) electrons. The zero-order chi connectivity index (χ0) is 27.4. The molecule has 0 bridgehead atoms. The summed E-state index contributed by atoms with van der Waals surface area (Å²) in [6, 6.07) is 11.8. The van der Waals surface area contributed by atoms with Crippen LogP contribution in [0.5, 0.6) is 5.75 Å². The zero-order valence-corrected chi connectivity index (χ0v) is 23.5. The normalized spacial score (nSPS) is 20.0. The van der Waals surface area contributed by atoms with Crippen molar-refractivity contribution in [3.8, 4) is 17.0 Å². The van der Waals surface area contributed by atoms with Gasteiger partial charge in [-0.3, -0.25) is 14.5 Å². The fourth-order valence-electron chi connectivity index (χ4n) is 5.46. The maximum Gasteiger partial charge on any atom is 0.303 e. The summed E-state index contributed by atoms with van der Waals surface area (Å²) in [4.78, 5) is 29.8. The van der Waals surface area contributed by atoms with Gasteiger partial charge in [0.1, 0.15) is 5.75 Å². The highest BCUT2D eigenvalue weighted by atomic mass is 35.5. The van der Waals surface area contributed by atoms with Crippen LogP contribution < -0.4 is 10.1 Å². The number of carbonyl (C=O) groups excluding carboxylic acids is 1. The van der Waals surface area contributed by atoms with Crippen LogP contribution in [0.15, 0.2) is 36.4 Å². The molecule has 7 nitrogen and oxygen atoms in total. The SMILES string of the molecule is CCOc1cc(C(=O)NC2C[C@@H](C)N(CCCCC(=O)O)[C@@H](C)C2)ccc1-c1cc2cc(Cl)c(Cl)cc2[nH]1. The number of ether oxygens (including phenoxy) is 1. The molecule has 1 aliphatic rings. The maximum atomic E-state index is 13.2. The number of unbranched alkanes of at least 4 members (excludes halogenated alkanes) is 1. The minimum absolute atomic E-state index is 0.0705. The second-order valence-corrected chi connectivity index (χ2v) is 10.9. The van der Waals surface area contributed by atoms with Gasteiger partial charge < -0.3 is 20.1 Å². The van der Waals surface area contributed by atoms with Gasteiger partial charge >= 0.3 is 5.97 Å². The summed E-state index contributed by atoms with van der Waals surface area (Å²) < 4.78 is 5.93. The first kappa shape index (κ1) is 28.3. The van der Waals surface area contributed by atoms with E-state index in [1.807, 2.05) is 31.2 Å². The first-order valence-corrected chi connectivity index (χ1v) is 13.9. The molecular formula is C29H35Cl2N3O4. The molecule has 0 saturated carbocycles. The Balaban J connectivity index is 1.44. The number of aliphatic carboxylic acids is 1. The number of amides is 1. The highest BCUT2D eigenvalue weighted by molar-refractivity contribution is 6.42. The van der Waals surface area contributed by atoms with Crippen molar-refractivity contribution in [2.45, 2.75) is 71.0 Å². The molecule has 4 rings (SSSR count). The lowest BCUT2D eigenvalue weighted by atomic mass is 9.92. The molecule has 1 fully saturated rings. The van der Waals surface area contributed by atoms with Gasteiger partial charge in [-0.05, 0) is 89.4 Å². The summed E-state index contributed by atoms with van der Waals surface area (Å²) in [6.45, 7) is 7.61. The Morgan fingerprint density at radius 3 is 2.47 bits per heavy atom. The third kappa shape index (κ3) is 6.63. The third-order valence-electron chi connectivity index (χ3n) is 7.27. The lowest BCUT2D eigenvalue weighted by Crippen LogP contribution is -2.53. The molecule has 3 aromatic rings. The first-order valence-electron chi connectivity index (χ1n) is 13.2. The van der Waals surface area contributed by atoms with E-state index < -0.39 is 5.97 Å². The number of likely N-dealkylation sites (tertiary alicyclic amines) is 1. The van der Waals surface area contributed by atoms with Gasteiger partial charge in [-0.15, -0.1) is 0 Å². The summed E-state index contributed by atoms with van der Waals surface area (Å²) in [5, 5.41) is 14.0. The second kappa shape index (κ2) is 12.4. The molecule has 1 aliphatic heterocycles. The second-order valence-electron chi connectivity index (χ2n) is 10.1. The van der Waals surface area contributed by atoms with Gasteiger partial charge in [0.05, 0.1) is 22.3 Å². The monoisotopic (exact) mass is 559 g/mol. The van der Waals surface area contributed by atoms with Crippen LogP contribution in [0.4, 0.5) is 0 Å². The Morgan fingerprint density at radius 1 is 1.08 bits per heavy atom. The number of carboxylic acid groups (broad SMARTS) is 1. The van der Waals surface area contributed by atoms with Crippen molar-refractivity contribution in [1.82, 2.24) is 15.2 Å². The largest absolute Gasteiger partial charge is 0.493 e. The molecule has 2 heterocycles. The molecule has 0 aliphatic carbocycles. The lowest BCUT2D eigenvalue weighted by Gasteiger charge is -2.43. The van der Waals surface area contributed by atoms with Gasteiger partial charge in [0, 0.05) is 46.6 Å². The molecule has 204 valence electrons. The number of aromatic amines is 1. The van der Waals surface area contributed by atoms with Crippen LogP contribution in [0.2, 0.25) is 10.0 Å². The fraction of sp³-hybridized carbons (Fsp3) is 0.448. The van der Waals surface area contributed by atoms with Crippen molar-refractivity contribution in [2.24, 2.45) is 0 Å². The quantitative estimate of drug-likeness (QED) is 0.238. The van der Waals surface area contributed by atoms with E-state index in [4.69, 9.17) is 33.0 Å². The van der Waals surface area contributed by atoms with E-state index in [0.29, 0.717) is 46.5 Å². The van der Waals surface area contributed by atoms with Crippen molar-refractivity contribution in [3.63, 3.8) is 0 Å². The standard InChI is InChI=1S/C29H35Cl2N3O4/c1-4-38-27-15-19(8-9-22(27)26-14-20-13-23(30)24(31)16-25(20)33-26)29(37)32-21-11-17(2)34(18(3)12-21)10-6-5-7-28(35)36/h8-9,13-18,21,33H,4-7,10-12H2,1-3H3,(H,32,37)(H,35,36)/t17-,18+,21?. The highest BCUT2D eigenvalue weighted by Gasteiger charge is 2.31. The summed E-state index contributed by atoms with van der Waals surface area (Å²) in [5.41, 5.74) is 3.13. The van der Waals surface area contributed by atoms with Crippen LogP contribution in [0.3, 0.4) is 0 Å². The van der Waals surface area contributed by atoms with E-state index in [9.17, 15) is 9.59 Å². The number of rotatable bonds is 10. The Labute approximate surface area is 233 Å². The van der Waals surface area contributed by atoms with E-state index in [2.05, 4.69) is 29.0 Å². The molecule has 2 aromatic carbocycles. The van der Waals surface area contributed by atoms with Crippen molar-refractivity contribution in [2.75, 3.05) is 13.2 Å². The van der Waals surface area contributed by atoms with Gasteiger partial charge in [0.15, 0.2) is 0 Å². The van der Waals surface area contributed by atoms with Crippen LogP contribution in [-0.4, -0.2) is 58.1 Å². The van der Waals surface area contributed by atoms with Crippen LogP contribution in [0, 0.1) is 0 Å². The number of carbonyl (C=O) groups is 2. The number of carboxylic acids is 1. The molecule has 9 heteroatoms. The van der Waals surface area contributed by atoms with Gasteiger partial charge in [0.25, 0.3) is 5.91 Å². The lowest BCUT2D eigenvalue weighted by molar-refractivity contribution is -0.137. The zero-order valence-electron chi connectivity index (χ0n) is 22.0. The molecule has 3 N–H and O–H groups in total. The van der Waals surface area contributed by atoms with Crippen molar-refractivity contribution >= 4 is 46.0 Å². The minimum Gasteiger partial charge on any atom is -0.493 e. The number of hydrogen-bond donors (Lipinski definition) is 3. The number of benzene rings is 2. The number of piperidine rings is 1. The van der Waals surface area contributed by atoms with Crippen LogP contribution in [0.25, 0.3) is 22.2 Å². The van der Waals surface area contributed by atoms with Gasteiger partial charge in [-0.25, -0.2) is 0 Å². The molecule has 1 unspecified atom stereocenters. The molecular weight excluding hydrogens is 525 g/mol. The van der Waals surface area contributed by atoms with Crippen molar-refractivity contribution < 1.29 is 19.4 Å². The molecule has 3 atom stereocenters. The van der Waals surface area contributed by atoms with Gasteiger partial charge in [0.2, 0.25) is 0 Å². The first-order chi connectivity index (χ1) is 18.2. The highest BCUT2D eigenvalue weighted by Crippen LogP contribution is 2.35. The number of nitrogens with one attached hydrogen (secondary N) is 2. The number of nitrogens with zero attached hydrogens (tertiary/aromatic N) is 1. The maximum absolute atomic E-state index is 13.2. The Hall–Kier alpha value is -2.74. The van der Waals surface area contributed by atoms with E-state index in [1.165, 1.54) is 0 Å². The third-order valence-corrected chi connectivity index (χ3v) is 7.99. The Bertz CT molecular complexity index is 1260. The van der Waals surface area contributed by atoms with E-state index in [0.717, 1.165) is 48.0 Å². The fourth-order valence-corrected chi connectivity index (χ4v) is 5.79. The van der Waals surface area contributed by atoms with E-state index in [-0.39, 0.29) is 18.4 Å². The van der Waals surface area contributed by atoms with Gasteiger partial charge in [-0.1, -0.05) is 23.2 Å². The van der Waals surface area contributed by atoms with E-state index >= 15 is 0 Å². The number of aromatic nitrogens is 1. The summed E-state index contributed by atoms with van der Waals surface area (Å²) >= 11 is 12.4. The summed E-state index contributed by atoms with van der Waals surface area (Å²) in [6.07, 6.45) is 3.46. The van der Waals surface area contributed by atoms with E-state index in [1.54, 1.807) is 12.1 Å². The summed E-state index contributed by atoms with van der Waals surface area (Å²) in [5.74, 6) is -0.238. The number of fused-ring (bicyclic) bond motifs is 1. The predicted octanol–water partition coefficient (Wildman–Crippen LogP) is 6.77. The Kier molecular flexibility index (Phi) is 9.23. The van der Waals surface area contributed by atoms with Crippen LogP contribution in [0.1, 0.15) is 63.2 Å². The van der Waals surface area contributed by atoms with Gasteiger partial charge in [-0.2, -0.15) is 0 Å². The average Bonchev–Trinajstić information content (AvgIpc) is 3.25. The molecule has 38 heavy (non-hydrogen) atoms.